The van der Waals surface area contributed by atoms with Gasteiger partial charge < -0.3 is 4.90 Å². The third-order valence-electron chi connectivity index (χ3n) is 6.90. The van der Waals surface area contributed by atoms with E-state index >= 15 is 0 Å². The summed E-state index contributed by atoms with van der Waals surface area (Å²) in [7, 11) is -3.96. The second kappa shape index (κ2) is 9.06. The topological polar surface area (TPSA) is 70.6 Å². The van der Waals surface area contributed by atoms with Crippen LogP contribution >= 0.6 is 11.3 Å². The largest absolute Gasteiger partial charge is 0.330 e. The van der Waals surface area contributed by atoms with E-state index in [9.17, 15) is 17.6 Å². The number of thiophene rings is 1. The van der Waals surface area contributed by atoms with Gasteiger partial charge in [-0.2, -0.15) is 4.31 Å². The Kier molecular flexibility index (Phi) is 5.86. The van der Waals surface area contributed by atoms with Crippen LogP contribution in [0.5, 0.6) is 0 Å². The van der Waals surface area contributed by atoms with Crippen LogP contribution in [0.1, 0.15) is 34.9 Å². The minimum absolute atomic E-state index is 0.120. The third-order valence-corrected chi connectivity index (χ3v) is 9.83. The number of pyridine rings is 1. The summed E-state index contributed by atoms with van der Waals surface area (Å²) in [5, 5.41) is 2.74. The van der Waals surface area contributed by atoms with Gasteiger partial charge in [0.15, 0.2) is 0 Å². The van der Waals surface area contributed by atoms with E-state index in [1.165, 1.54) is 21.3 Å². The van der Waals surface area contributed by atoms with Gasteiger partial charge in [-0.05, 0) is 66.1 Å². The number of benzene rings is 2. The molecule has 6 nitrogen and oxygen atoms in total. The lowest BCUT2D eigenvalue weighted by atomic mass is 9.93. The molecule has 2 aromatic carbocycles. The zero-order valence-electron chi connectivity index (χ0n) is 19.4. The Morgan fingerprint density at radius 2 is 1.86 bits per heavy atom. The molecule has 2 aromatic heterocycles. The number of aromatic nitrogens is 1. The van der Waals surface area contributed by atoms with Crippen LogP contribution in [-0.4, -0.2) is 47.6 Å². The highest BCUT2D eigenvalue weighted by Crippen LogP contribution is 2.39. The maximum absolute atomic E-state index is 13.9. The van der Waals surface area contributed by atoms with Gasteiger partial charge in [-0.3, -0.25) is 9.78 Å². The Balaban J connectivity index is 1.35. The first-order valence-electron chi connectivity index (χ1n) is 11.9. The van der Waals surface area contributed by atoms with Gasteiger partial charge in [0.25, 0.3) is 0 Å². The van der Waals surface area contributed by atoms with Crippen molar-refractivity contribution >= 4 is 38.2 Å². The number of hydrogen-bond acceptors (Lipinski definition) is 5. The van der Waals surface area contributed by atoms with E-state index in [1.54, 1.807) is 52.8 Å². The van der Waals surface area contributed by atoms with E-state index in [-0.39, 0.29) is 35.2 Å². The van der Waals surface area contributed by atoms with E-state index < -0.39 is 10.0 Å². The van der Waals surface area contributed by atoms with Crippen LogP contribution in [0.25, 0.3) is 10.9 Å². The molecule has 0 spiro atoms. The average molecular weight is 522 g/mol. The van der Waals surface area contributed by atoms with Gasteiger partial charge in [0.2, 0.25) is 15.9 Å². The zero-order chi connectivity index (χ0) is 24.9. The highest BCUT2D eigenvalue weighted by molar-refractivity contribution is 7.89. The quantitative estimate of drug-likeness (QED) is 0.367. The summed E-state index contributed by atoms with van der Waals surface area (Å²) < 4.78 is 42.7. The zero-order valence-corrected chi connectivity index (χ0v) is 21.0. The molecule has 3 heterocycles. The minimum Gasteiger partial charge on any atom is -0.330 e. The molecule has 1 aliphatic heterocycles. The van der Waals surface area contributed by atoms with Crippen LogP contribution in [0.4, 0.5) is 4.39 Å². The van der Waals surface area contributed by atoms with E-state index in [1.807, 2.05) is 23.6 Å². The van der Waals surface area contributed by atoms with E-state index in [0.717, 1.165) is 29.4 Å². The van der Waals surface area contributed by atoms with Crippen molar-refractivity contribution < 1.29 is 17.6 Å². The van der Waals surface area contributed by atoms with Crippen molar-refractivity contribution in [2.45, 2.75) is 36.2 Å². The number of nitrogens with zero attached hydrogens (tertiary/aromatic N) is 3. The Hall–Kier alpha value is -3.14. The molecule has 0 bridgehead atoms. The van der Waals surface area contributed by atoms with Gasteiger partial charge in [0.1, 0.15) is 10.7 Å². The predicted octanol–water partition coefficient (Wildman–Crippen LogP) is 4.76. The Bertz CT molecular complexity index is 1540. The van der Waals surface area contributed by atoms with Crippen LogP contribution < -0.4 is 0 Å². The van der Waals surface area contributed by atoms with Crippen molar-refractivity contribution in [1.29, 1.82) is 0 Å². The smallest absolute Gasteiger partial charge is 0.245 e. The van der Waals surface area contributed by atoms with Gasteiger partial charge >= 0.3 is 0 Å². The molecular formula is C27H24FN3O3S2. The second-order valence-electron chi connectivity index (χ2n) is 9.20. The molecule has 2 aliphatic rings. The number of halogens is 1. The number of para-hydroxylation sites is 1. The number of hydrogen-bond donors (Lipinski definition) is 0. The van der Waals surface area contributed by atoms with Gasteiger partial charge in [-0.25, -0.2) is 12.8 Å². The Labute approximate surface area is 213 Å². The third kappa shape index (κ3) is 4.11. The summed E-state index contributed by atoms with van der Waals surface area (Å²) in [4.78, 5) is 21.2. The second-order valence-corrected chi connectivity index (χ2v) is 12.1. The summed E-state index contributed by atoms with van der Waals surface area (Å²) in [5.74, 6) is -0.600. The molecule has 9 heteroatoms. The molecule has 0 radical (unpaired) electrons. The molecule has 4 aromatic rings. The molecule has 0 N–H and O–H groups in total. The fourth-order valence-corrected chi connectivity index (χ4v) is 7.70. The lowest BCUT2D eigenvalue weighted by Gasteiger charge is -2.37. The van der Waals surface area contributed by atoms with Crippen molar-refractivity contribution in [2.24, 2.45) is 0 Å². The van der Waals surface area contributed by atoms with Gasteiger partial charge in [-0.15, -0.1) is 11.3 Å². The van der Waals surface area contributed by atoms with E-state index in [2.05, 4.69) is 4.98 Å². The standard InChI is InChI=1S/C27H24FN3O3S2/c28-20-8-6-19(7-9-20)27-22-13-16-35-23(22)12-15-30(27)25(32)17-31(21-10-11-21)36(33,34)24-5-1-3-18-4-2-14-29-26(18)24/h1-9,13-14,16,21,27H,10-12,15,17H2. The summed E-state index contributed by atoms with van der Waals surface area (Å²) in [6.45, 7) is 0.232. The number of rotatable bonds is 6. The molecule has 1 unspecified atom stereocenters. The van der Waals surface area contributed by atoms with Crippen molar-refractivity contribution in [3.8, 4) is 0 Å². The van der Waals surface area contributed by atoms with Crippen LogP contribution in [0.15, 0.2) is 77.1 Å². The van der Waals surface area contributed by atoms with Crippen LogP contribution in [0.3, 0.4) is 0 Å². The molecule has 6 rings (SSSR count). The van der Waals surface area contributed by atoms with Crippen molar-refractivity contribution in [2.75, 3.05) is 13.1 Å². The number of amides is 1. The fourth-order valence-electron chi connectivity index (χ4n) is 5.00. The molecule has 36 heavy (non-hydrogen) atoms. The molecule has 1 saturated carbocycles. The maximum atomic E-state index is 13.9. The molecule has 184 valence electrons. The predicted molar refractivity (Wildman–Crippen MR) is 137 cm³/mol. The van der Waals surface area contributed by atoms with Crippen molar-refractivity contribution in [3.05, 3.63) is 94.1 Å². The summed E-state index contributed by atoms with van der Waals surface area (Å²) in [5.41, 5.74) is 2.23. The summed E-state index contributed by atoms with van der Waals surface area (Å²) >= 11 is 1.65. The monoisotopic (exact) mass is 521 g/mol. The normalized spacial score (nSPS) is 17.9. The number of carbonyl (C=O) groups is 1. The number of sulfonamides is 1. The minimum atomic E-state index is -3.96. The molecule has 1 fully saturated rings. The maximum Gasteiger partial charge on any atom is 0.245 e. The van der Waals surface area contributed by atoms with Crippen molar-refractivity contribution in [3.63, 3.8) is 0 Å². The molecular weight excluding hydrogens is 497 g/mol. The van der Waals surface area contributed by atoms with E-state index in [0.29, 0.717) is 18.5 Å². The lowest BCUT2D eigenvalue weighted by molar-refractivity contribution is -0.133. The first kappa shape index (κ1) is 23.3. The van der Waals surface area contributed by atoms with Crippen molar-refractivity contribution in [1.82, 2.24) is 14.2 Å². The highest BCUT2D eigenvalue weighted by Gasteiger charge is 2.42. The number of carbonyl (C=O) groups excluding carboxylic acids is 1. The highest BCUT2D eigenvalue weighted by atomic mass is 32.2. The Morgan fingerprint density at radius 1 is 1.08 bits per heavy atom. The first-order chi connectivity index (χ1) is 17.4. The van der Waals surface area contributed by atoms with Crippen LogP contribution in [0.2, 0.25) is 0 Å². The fraction of sp³-hybridized carbons (Fsp3) is 0.259. The van der Waals surface area contributed by atoms with E-state index in [4.69, 9.17) is 0 Å². The first-order valence-corrected chi connectivity index (χ1v) is 14.2. The number of fused-ring (bicyclic) bond motifs is 2. The van der Waals surface area contributed by atoms with Gasteiger partial charge in [0.05, 0.1) is 18.1 Å². The average Bonchev–Trinajstić information content (AvgIpc) is 3.61. The van der Waals surface area contributed by atoms with Crippen LogP contribution in [-0.2, 0) is 21.2 Å². The lowest BCUT2D eigenvalue weighted by Crippen LogP contribution is -2.47. The molecule has 0 saturated heterocycles. The Morgan fingerprint density at radius 3 is 2.64 bits per heavy atom. The molecule has 1 atom stereocenters. The molecule has 1 aliphatic carbocycles. The van der Waals surface area contributed by atoms with Crippen LogP contribution in [0, 0.1) is 5.82 Å². The summed E-state index contributed by atoms with van der Waals surface area (Å²) in [6, 6.07) is 16.3. The van der Waals surface area contributed by atoms with Gasteiger partial charge in [-0.1, -0.05) is 30.3 Å². The SMILES string of the molecule is O=C(CN(C1CC1)S(=O)(=O)c1cccc2cccnc12)N1CCc2sccc2C1c1ccc(F)cc1. The van der Waals surface area contributed by atoms with Gasteiger partial charge in [0, 0.05) is 29.0 Å². The molecule has 1 amide bonds. The summed E-state index contributed by atoms with van der Waals surface area (Å²) in [6.07, 6.45) is 3.73.